The zero-order valence-corrected chi connectivity index (χ0v) is 9.23. The van der Waals surface area contributed by atoms with E-state index >= 15 is 0 Å². The number of carboxylic acid groups (broad SMARTS) is 1. The molecule has 0 aromatic heterocycles. The van der Waals surface area contributed by atoms with Gasteiger partial charge in [-0.15, -0.1) is 12.4 Å². The number of aliphatic carboxylic acids is 1. The van der Waals surface area contributed by atoms with Gasteiger partial charge in [0.25, 0.3) is 0 Å². The van der Waals surface area contributed by atoms with E-state index < -0.39 is 5.97 Å². The molecule has 0 heterocycles. The first-order valence-electron chi connectivity index (χ1n) is 3.15. The zero-order chi connectivity index (χ0) is 9.70. The Labute approximate surface area is 85.8 Å². The minimum absolute atomic E-state index is 0. The number of carboxylic acids is 1. The highest BCUT2D eigenvalue weighted by molar-refractivity contribution is 5.85. The average Bonchev–Trinajstić information content (AvgIpc) is 1.91. The van der Waals surface area contributed by atoms with Gasteiger partial charge in [0.15, 0.2) is 0 Å². The fourth-order valence-electron chi connectivity index (χ4n) is 0. The quantitative estimate of drug-likeness (QED) is 0.483. The standard InChI is InChI=1S/C3H4O2.C2H7N.C2H6O.ClH.H3N/c1-2-3(4)5;1-3-2;1-2-3;;/h2H,1H2,(H,4,5);3H,1-2H3;3H,2H2,1H3;1H;1H3. The summed E-state index contributed by atoms with van der Waals surface area (Å²) >= 11 is 0. The van der Waals surface area contributed by atoms with E-state index in [-0.39, 0.29) is 25.2 Å². The van der Waals surface area contributed by atoms with Gasteiger partial charge in [0.2, 0.25) is 0 Å². The normalized spacial score (nSPS) is 5.23. The summed E-state index contributed by atoms with van der Waals surface area (Å²) in [6, 6.07) is 0. The van der Waals surface area contributed by atoms with Crippen molar-refractivity contribution in [1.82, 2.24) is 11.5 Å². The van der Waals surface area contributed by atoms with Crippen LogP contribution in [0.25, 0.3) is 0 Å². The fraction of sp³-hybridized carbons (Fsp3) is 0.571. The van der Waals surface area contributed by atoms with Gasteiger partial charge in [-0.1, -0.05) is 6.58 Å². The minimum atomic E-state index is -0.981. The maximum Gasteiger partial charge on any atom is 0.327 e. The lowest BCUT2D eigenvalue weighted by molar-refractivity contribution is -0.131. The van der Waals surface area contributed by atoms with Crippen molar-refractivity contribution in [3.63, 3.8) is 0 Å². The molecule has 0 saturated heterocycles. The van der Waals surface area contributed by atoms with Gasteiger partial charge in [0.05, 0.1) is 0 Å². The molecule has 0 unspecified atom stereocenters. The molecule has 6 N–H and O–H groups in total. The summed E-state index contributed by atoms with van der Waals surface area (Å²) in [6.45, 7) is 4.89. The monoisotopic (exact) mass is 216 g/mol. The largest absolute Gasteiger partial charge is 0.478 e. The summed E-state index contributed by atoms with van der Waals surface area (Å²) in [7, 11) is 3.75. The third-order valence-corrected chi connectivity index (χ3v) is 0.175. The highest BCUT2D eigenvalue weighted by Gasteiger charge is 1.73. The number of hydrogen-bond acceptors (Lipinski definition) is 4. The summed E-state index contributed by atoms with van der Waals surface area (Å²) in [5.74, 6) is -0.981. The van der Waals surface area contributed by atoms with Crippen LogP contribution in [-0.4, -0.2) is 36.9 Å². The van der Waals surface area contributed by atoms with Gasteiger partial charge in [-0.2, -0.15) is 0 Å². The molecule has 0 radical (unpaired) electrons. The number of rotatable bonds is 1. The van der Waals surface area contributed by atoms with Gasteiger partial charge in [0, 0.05) is 12.7 Å². The molecule has 6 heteroatoms. The lowest BCUT2D eigenvalue weighted by atomic mass is 10.7. The predicted octanol–water partition coefficient (Wildman–Crippen LogP) is 0.675. The summed E-state index contributed by atoms with van der Waals surface area (Å²) < 4.78 is 0. The summed E-state index contributed by atoms with van der Waals surface area (Å²) in [5.41, 5.74) is 0. The SMILES string of the molecule is C=CC(=O)O.CCO.CNC.Cl.N. The van der Waals surface area contributed by atoms with Crippen molar-refractivity contribution in [2.24, 2.45) is 0 Å². The molecule has 0 atom stereocenters. The number of halogens is 1. The van der Waals surface area contributed by atoms with Crippen molar-refractivity contribution in [2.45, 2.75) is 6.92 Å². The predicted molar refractivity (Wildman–Crippen MR) is 57.8 cm³/mol. The van der Waals surface area contributed by atoms with Crippen LogP contribution in [0.2, 0.25) is 0 Å². The van der Waals surface area contributed by atoms with Crippen LogP contribution in [0, 0.1) is 0 Å². The molecule has 0 rings (SSSR count). The van der Waals surface area contributed by atoms with E-state index in [9.17, 15) is 4.79 Å². The van der Waals surface area contributed by atoms with Crippen LogP contribution in [0.4, 0.5) is 0 Å². The zero-order valence-electron chi connectivity index (χ0n) is 8.41. The van der Waals surface area contributed by atoms with Crippen LogP contribution >= 0.6 is 12.4 Å². The van der Waals surface area contributed by atoms with Gasteiger partial charge in [0.1, 0.15) is 0 Å². The Morgan fingerprint density at radius 2 is 1.62 bits per heavy atom. The van der Waals surface area contributed by atoms with Crippen molar-refractivity contribution in [3.8, 4) is 0 Å². The highest BCUT2D eigenvalue weighted by atomic mass is 35.5. The van der Waals surface area contributed by atoms with Gasteiger partial charge in [-0.25, -0.2) is 4.79 Å². The van der Waals surface area contributed by atoms with Crippen LogP contribution in [-0.2, 0) is 4.79 Å². The smallest absolute Gasteiger partial charge is 0.327 e. The molecule has 13 heavy (non-hydrogen) atoms. The maximum atomic E-state index is 9.25. The number of nitrogens with one attached hydrogen (secondary N) is 1. The molecule has 0 aromatic carbocycles. The highest BCUT2D eigenvalue weighted by Crippen LogP contribution is 1.54. The Kier molecular flexibility index (Phi) is 95.9. The van der Waals surface area contributed by atoms with Crippen molar-refractivity contribution in [2.75, 3.05) is 20.7 Å². The summed E-state index contributed by atoms with van der Waals surface area (Å²) in [6.07, 6.45) is 0.833. The molecule has 0 fully saturated rings. The van der Waals surface area contributed by atoms with Crippen molar-refractivity contribution < 1.29 is 15.0 Å². The third-order valence-electron chi connectivity index (χ3n) is 0.175. The molecular formula is C7H21ClN2O3. The van der Waals surface area contributed by atoms with Gasteiger partial charge < -0.3 is 21.7 Å². The van der Waals surface area contributed by atoms with Crippen LogP contribution in [0.3, 0.4) is 0 Å². The van der Waals surface area contributed by atoms with Crippen molar-refractivity contribution in [3.05, 3.63) is 12.7 Å². The molecule has 0 spiro atoms. The third kappa shape index (κ3) is 526. The number of aliphatic hydroxyl groups is 1. The number of hydrogen-bond donors (Lipinski definition) is 4. The van der Waals surface area contributed by atoms with Crippen molar-refractivity contribution in [1.29, 1.82) is 0 Å². The second kappa shape index (κ2) is 42.4. The van der Waals surface area contributed by atoms with Gasteiger partial charge in [-0.05, 0) is 21.0 Å². The van der Waals surface area contributed by atoms with E-state index in [0.717, 1.165) is 6.08 Å². The first kappa shape index (κ1) is 29.4. The molecule has 0 aliphatic carbocycles. The van der Waals surface area contributed by atoms with E-state index in [1.54, 1.807) is 6.92 Å². The number of aliphatic hydroxyl groups excluding tert-OH is 1. The summed E-state index contributed by atoms with van der Waals surface area (Å²) in [5, 5.41) is 17.9. The van der Waals surface area contributed by atoms with Crippen LogP contribution in [0.15, 0.2) is 12.7 Å². The topological polar surface area (TPSA) is 105 Å². The fourth-order valence-corrected chi connectivity index (χ4v) is 0. The molecule has 0 amide bonds. The Hall–Kier alpha value is -0.620. The van der Waals surface area contributed by atoms with E-state index in [1.165, 1.54) is 0 Å². The first-order valence-corrected chi connectivity index (χ1v) is 3.15. The maximum absolute atomic E-state index is 9.25. The second-order valence-electron chi connectivity index (χ2n) is 1.36. The van der Waals surface area contributed by atoms with Gasteiger partial charge >= 0.3 is 5.97 Å². The van der Waals surface area contributed by atoms with E-state index in [2.05, 4.69) is 11.9 Å². The van der Waals surface area contributed by atoms with Crippen molar-refractivity contribution >= 4 is 18.4 Å². The van der Waals surface area contributed by atoms with Crippen LogP contribution in [0.5, 0.6) is 0 Å². The Balaban J connectivity index is -0.0000000240. The Bertz CT molecular complexity index is 89.8. The summed E-state index contributed by atoms with van der Waals surface area (Å²) in [4.78, 5) is 9.25. The molecule has 0 saturated carbocycles. The molecule has 84 valence electrons. The first-order chi connectivity index (χ1) is 5.10. The van der Waals surface area contributed by atoms with Crippen LogP contribution in [0.1, 0.15) is 6.92 Å². The van der Waals surface area contributed by atoms with Gasteiger partial charge in [-0.3, -0.25) is 0 Å². The lowest BCUT2D eigenvalue weighted by Crippen LogP contribution is -1.89. The molecule has 0 aromatic rings. The minimum Gasteiger partial charge on any atom is -0.478 e. The molecule has 0 aliphatic rings. The molecular weight excluding hydrogens is 196 g/mol. The Morgan fingerprint density at radius 3 is 1.62 bits per heavy atom. The molecule has 0 bridgehead atoms. The number of carbonyl (C=O) groups is 1. The molecule has 5 nitrogen and oxygen atoms in total. The van der Waals surface area contributed by atoms with E-state index in [0.29, 0.717) is 0 Å². The lowest BCUT2D eigenvalue weighted by Gasteiger charge is -1.64. The molecule has 0 aliphatic heterocycles. The van der Waals surface area contributed by atoms with Crippen LogP contribution < -0.4 is 11.5 Å². The van der Waals surface area contributed by atoms with E-state index in [1.807, 2.05) is 14.1 Å². The average molecular weight is 217 g/mol. The van der Waals surface area contributed by atoms with E-state index in [4.69, 9.17) is 10.2 Å². The second-order valence-corrected chi connectivity index (χ2v) is 1.36. The Morgan fingerprint density at radius 1 is 1.54 bits per heavy atom.